The molecule has 1 atom stereocenters. The SMILES string of the molecule is CCSCCC(C)NC(=O)c1sc2ccc(C)cc2c1N. The van der Waals surface area contributed by atoms with E-state index in [0.717, 1.165) is 33.6 Å². The second kappa shape index (κ2) is 7.18. The molecule has 5 heteroatoms. The summed E-state index contributed by atoms with van der Waals surface area (Å²) >= 11 is 3.36. The van der Waals surface area contributed by atoms with Crippen LogP contribution in [0.25, 0.3) is 10.1 Å². The summed E-state index contributed by atoms with van der Waals surface area (Å²) in [5.74, 6) is 2.13. The van der Waals surface area contributed by atoms with Crippen LogP contribution >= 0.6 is 23.1 Å². The molecule has 1 aromatic carbocycles. The van der Waals surface area contributed by atoms with Crippen molar-refractivity contribution in [3.05, 3.63) is 28.6 Å². The summed E-state index contributed by atoms with van der Waals surface area (Å²) in [5.41, 5.74) is 7.91. The summed E-state index contributed by atoms with van der Waals surface area (Å²) in [6.45, 7) is 6.22. The van der Waals surface area contributed by atoms with Crippen LogP contribution in [-0.2, 0) is 0 Å². The summed E-state index contributed by atoms with van der Waals surface area (Å²) in [6.07, 6.45) is 0.980. The molecule has 3 nitrogen and oxygen atoms in total. The summed E-state index contributed by atoms with van der Waals surface area (Å²) in [6, 6.07) is 6.29. The molecule has 114 valence electrons. The van der Waals surface area contributed by atoms with Gasteiger partial charge in [0, 0.05) is 16.1 Å². The third kappa shape index (κ3) is 3.92. The number of nitrogens with one attached hydrogen (secondary N) is 1. The zero-order valence-corrected chi connectivity index (χ0v) is 14.4. The van der Waals surface area contributed by atoms with Gasteiger partial charge in [-0.25, -0.2) is 0 Å². The lowest BCUT2D eigenvalue weighted by Gasteiger charge is -2.13. The molecule has 0 fully saturated rings. The van der Waals surface area contributed by atoms with Gasteiger partial charge in [-0.1, -0.05) is 18.6 Å². The van der Waals surface area contributed by atoms with Crippen LogP contribution in [0.5, 0.6) is 0 Å². The lowest BCUT2D eigenvalue weighted by Crippen LogP contribution is -2.32. The lowest BCUT2D eigenvalue weighted by atomic mass is 10.1. The van der Waals surface area contributed by atoms with Gasteiger partial charge < -0.3 is 11.1 Å². The van der Waals surface area contributed by atoms with Gasteiger partial charge >= 0.3 is 0 Å². The first-order chi connectivity index (χ1) is 10.0. The number of thiophene rings is 1. The molecule has 1 aromatic heterocycles. The van der Waals surface area contributed by atoms with E-state index in [2.05, 4.69) is 12.2 Å². The number of aryl methyl sites for hydroxylation is 1. The number of anilines is 1. The topological polar surface area (TPSA) is 55.1 Å². The molecule has 1 unspecified atom stereocenters. The van der Waals surface area contributed by atoms with Crippen molar-refractivity contribution in [1.29, 1.82) is 0 Å². The van der Waals surface area contributed by atoms with Crippen molar-refractivity contribution in [1.82, 2.24) is 5.32 Å². The number of thioether (sulfide) groups is 1. The zero-order valence-electron chi connectivity index (χ0n) is 12.7. The molecular formula is C16H22N2OS2. The molecule has 1 amide bonds. The van der Waals surface area contributed by atoms with Crippen molar-refractivity contribution in [2.24, 2.45) is 0 Å². The molecule has 0 radical (unpaired) electrons. The minimum absolute atomic E-state index is 0.0552. The third-order valence-corrected chi connectivity index (χ3v) is 5.48. The quantitative estimate of drug-likeness (QED) is 0.789. The van der Waals surface area contributed by atoms with E-state index in [1.54, 1.807) is 0 Å². The van der Waals surface area contributed by atoms with E-state index >= 15 is 0 Å². The predicted molar refractivity (Wildman–Crippen MR) is 95.5 cm³/mol. The van der Waals surface area contributed by atoms with Crippen molar-refractivity contribution >= 4 is 44.8 Å². The Kier molecular flexibility index (Phi) is 5.53. The first kappa shape index (κ1) is 16.2. The molecule has 2 rings (SSSR count). The number of hydrogen-bond acceptors (Lipinski definition) is 4. The van der Waals surface area contributed by atoms with Crippen LogP contribution in [0.4, 0.5) is 5.69 Å². The van der Waals surface area contributed by atoms with Crippen molar-refractivity contribution < 1.29 is 4.79 Å². The summed E-state index contributed by atoms with van der Waals surface area (Å²) in [7, 11) is 0. The first-order valence-corrected chi connectivity index (χ1v) is 9.17. The van der Waals surface area contributed by atoms with E-state index in [0.29, 0.717) is 10.6 Å². The van der Waals surface area contributed by atoms with Crippen LogP contribution in [-0.4, -0.2) is 23.5 Å². The Labute approximate surface area is 134 Å². The highest BCUT2D eigenvalue weighted by molar-refractivity contribution is 7.99. The van der Waals surface area contributed by atoms with Gasteiger partial charge in [0.1, 0.15) is 4.88 Å². The molecule has 0 aliphatic carbocycles. The van der Waals surface area contributed by atoms with Gasteiger partial charge in [-0.3, -0.25) is 4.79 Å². The average Bonchev–Trinajstić information content (AvgIpc) is 2.76. The predicted octanol–water partition coefficient (Wildman–Crippen LogP) is 4.05. The minimum atomic E-state index is -0.0552. The minimum Gasteiger partial charge on any atom is -0.397 e. The first-order valence-electron chi connectivity index (χ1n) is 7.20. The zero-order chi connectivity index (χ0) is 15.4. The fourth-order valence-electron chi connectivity index (χ4n) is 2.17. The number of amides is 1. The van der Waals surface area contributed by atoms with Gasteiger partial charge in [0.25, 0.3) is 5.91 Å². The van der Waals surface area contributed by atoms with E-state index in [1.807, 2.05) is 43.8 Å². The highest BCUT2D eigenvalue weighted by atomic mass is 32.2. The molecule has 0 saturated heterocycles. The number of benzene rings is 1. The number of carbonyl (C=O) groups excluding carboxylic acids is 1. The Bertz CT molecular complexity index is 636. The molecule has 3 N–H and O–H groups in total. The van der Waals surface area contributed by atoms with Crippen LogP contribution in [0.15, 0.2) is 18.2 Å². The summed E-state index contributed by atoms with van der Waals surface area (Å²) in [5, 5.41) is 4.04. The van der Waals surface area contributed by atoms with E-state index in [1.165, 1.54) is 11.3 Å². The fraction of sp³-hybridized carbons (Fsp3) is 0.438. The molecule has 0 saturated carbocycles. The summed E-state index contributed by atoms with van der Waals surface area (Å²) in [4.78, 5) is 13.0. The van der Waals surface area contributed by atoms with Gasteiger partial charge in [-0.15, -0.1) is 11.3 Å². The lowest BCUT2D eigenvalue weighted by molar-refractivity contribution is 0.0944. The van der Waals surface area contributed by atoms with Gasteiger partial charge in [0.15, 0.2) is 0 Å². The third-order valence-electron chi connectivity index (χ3n) is 3.36. The number of rotatable bonds is 6. The fourth-order valence-corrected chi connectivity index (χ4v) is 3.98. The number of hydrogen-bond donors (Lipinski definition) is 2. The van der Waals surface area contributed by atoms with E-state index < -0.39 is 0 Å². The molecule has 1 heterocycles. The summed E-state index contributed by atoms with van der Waals surface area (Å²) < 4.78 is 1.07. The van der Waals surface area contributed by atoms with Crippen LogP contribution in [0.3, 0.4) is 0 Å². The Morgan fingerprint density at radius 1 is 1.48 bits per heavy atom. The maximum atomic E-state index is 12.4. The van der Waals surface area contributed by atoms with Crippen molar-refractivity contribution in [2.75, 3.05) is 17.2 Å². The highest BCUT2D eigenvalue weighted by Gasteiger charge is 2.17. The van der Waals surface area contributed by atoms with E-state index in [9.17, 15) is 4.79 Å². The van der Waals surface area contributed by atoms with Crippen LogP contribution in [0, 0.1) is 6.92 Å². The Balaban J connectivity index is 2.10. The van der Waals surface area contributed by atoms with Gasteiger partial charge in [-0.05, 0) is 43.9 Å². The molecule has 0 aliphatic rings. The largest absolute Gasteiger partial charge is 0.397 e. The van der Waals surface area contributed by atoms with Crippen molar-refractivity contribution in [3.8, 4) is 0 Å². The molecule has 21 heavy (non-hydrogen) atoms. The van der Waals surface area contributed by atoms with Gasteiger partial charge in [0.2, 0.25) is 0 Å². The van der Waals surface area contributed by atoms with Crippen molar-refractivity contribution in [3.63, 3.8) is 0 Å². The molecule has 0 aliphatic heterocycles. The Morgan fingerprint density at radius 2 is 2.24 bits per heavy atom. The van der Waals surface area contributed by atoms with Crippen LogP contribution in [0.2, 0.25) is 0 Å². The highest BCUT2D eigenvalue weighted by Crippen LogP contribution is 2.34. The Morgan fingerprint density at radius 3 is 2.95 bits per heavy atom. The maximum Gasteiger partial charge on any atom is 0.263 e. The normalized spacial score (nSPS) is 12.5. The van der Waals surface area contributed by atoms with Crippen molar-refractivity contribution in [2.45, 2.75) is 33.2 Å². The molecule has 0 bridgehead atoms. The van der Waals surface area contributed by atoms with Crippen LogP contribution < -0.4 is 11.1 Å². The number of carbonyl (C=O) groups is 1. The number of nitrogen functional groups attached to an aromatic ring is 1. The molecular weight excluding hydrogens is 300 g/mol. The number of fused-ring (bicyclic) bond motifs is 1. The van der Waals surface area contributed by atoms with Gasteiger partial charge in [-0.2, -0.15) is 11.8 Å². The smallest absolute Gasteiger partial charge is 0.263 e. The van der Waals surface area contributed by atoms with Crippen LogP contribution in [0.1, 0.15) is 35.5 Å². The standard InChI is InChI=1S/C16H22N2OS2/c1-4-20-8-7-11(3)18-16(19)15-14(17)12-9-10(2)5-6-13(12)21-15/h5-6,9,11H,4,7-8,17H2,1-3H3,(H,18,19). The maximum absolute atomic E-state index is 12.4. The average molecular weight is 322 g/mol. The Hall–Kier alpha value is -1.20. The second-order valence-electron chi connectivity index (χ2n) is 5.20. The second-order valence-corrected chi connectivity index (χ2v) is 7.65. The number of nitrogens with two attached hydrogens (primary N) is 1. The molecule has 0 spiro atoms. The van der Waals surface area contributed by atoms with Gasteiger partial charge in [0.05, 0.1) is 5.69 Å². The molecule has 2 aromatic rings. The van der Waals surface area contributed by atoms with E-state index in [-0.39, 0.29) is 11.9 Å². The monoisotopic (exact) mass is 322 g/mol. The van der Waals surface area contributed by atoms with E-state index in [4.69, 9.17) is 5.73 Å².